The Bertz CT molecular complexity index is 369. The average molecular weight is 309 g/mol. The summed E-state index contributed by atoms with van der Waals surface area (Å²) < 4.78 is 0. The van der Waals surface area contributed by atoms with E-state index in [1.807, 2.05) is 0 Å². The van der Waals surface area contributed by atoms with Gasteiger partial charge < -0.3 is 10.0 Å². The van der Waals surface area contributed by atoms with Crippen molar-refractivity contribution in [2.24, 2.45) is 17.8 Å². The minimum absolute atomic E-state index is 0.0609. The summed E-state index contributed by atoms with van der Waals surface area (Å²) in [6.07, 6.45) is 10.3. The number of amides is 1. The van der Waals surface area contributed by atoms with Crippen LogP contribution in [-0.4, -0.2) is 35.0 Å². The van der Waals surface area contributed by atoms with Gasteiger partial charge in [-0.3, -0.25) is 9.59 Å². The molecule has 2 fully saturated rings. The molecule has 2 saturated carbocycles. The Morgan fingerprint density at radius 3 is 2.09 bits per heavy atom. The van der Waals surface area contributed by atoms with Gasteiger partial charge in [0.2, 0.25) is 5.91 Å². The van der Waals surface area contributed by atoms with Gasteiger partial charge in [-0.25, -0.2) is 0 Å². The van der Waals surface area contributed by atoms with Crippen LogP contribution in [0.5, 0.6) is 0 Å². The number of hydrogen-bond acceptors (Lipinski definition) is 2. The van der Waals surface area contributed by atoms with Gasteiger partial charge in [0, 0.05) is 19.0 Å². The molecule has 2 aliphatic rings. The number of hydrogen-bond donors (Lipinski definition) is 1. The monoisotopic (exact) mass is 309 g/mol. The van der Waals surface area contributed by atoms with Crippen molar-refractivity contribution in [1.82, 2.24) is 4.90 Å². The summed E-state index contributed by atoms with van der Waals surface area (Å²) in [4.78, 5) is 25.9. The third-order valence-electron chi connectivity index (χ3n) is 5.43. The summed E-state index contributed by atoms with van der Waals surface area (Å²) in [7, 11) is 0. The van der Waals surface area contributed by atoms with E-state index >= 15 is 0 Å². The van der Waals surface area contributed by atoms with Crippen LogP contribution in [0.15, 0.2) is 0 Å². The molecule has 4 nitrogen and oxygen atoms in total. The minimum atomic E-state index is -0.696. The zero-order chi connectivity index (χ0) is 15.9. The van der Waals surface area contributed by atoms with Crippen molar-refractivity contribution < 1.29 is 14.7 Å². The van der Waals surface area contributed by atoms with E-state index in [4.69, 9.17) is 5.11 Å². The van der Waals surface area contributed by atoms with Gasteiger partial charge >= 0.3 is 5.97 Å². The second-order valence-corrected chi connectivity index (χ2v) is 7.18. The van der Waals surface area contributed by atoms with Crippen molar-refractivity contribution >= 4 is 11.9 Å². The Hall–Kier alpha value is -1.06. The Morgan fingerprint density at radius 2 is 1.55 bits per heavy atom. The quantitative estimate of drug-likeness (QED) is 0.814. The summed E-state index contributed by atoms with van der Waals surface area (Å²) in [5, 5.41) is 9.08. The number of carbonyl (C=O) groups is 2. The fraction of sp³-hybridized carbons (Fsp3) is 0.889. The van der Waals surface area contributed by atoms with Crippen molar-refractivity contribution in [1.29, 1.82) is 0 Å². The number of nitrogens with zero attached hydrogens (tertiary/aromatic N) is 1. The lowest BCUT2D eigenvalue weighted by Gasteiger charge is -2.34. The van der Waals surface area contributed by atoms with E-state index in [2.05, 4.69) is 11.8 Å². The molecule has 0 saturated heterocycles. The standard InChI is InChI=1S/C18H31NO3/c1-2-12-19(13-14-6-4-3-5-7-14)17(20)15-8-10-16(11-9-15)18(21)22/h14-16H,2-13H2,1H3,(H,21,22). The number of carboxylic acid groups (broad SMARTS) is 1. The van der Waals surface area contributed by atoms with E-state index < -0.39 is 5.97 Å². The first-order valence-corrected chi connectivity index (χ1v) is 9.13. The molecule has 0 atom stereocenters. The maximum absolute atomic E-state index is 12.8. The van der Waals surface area contributed by atoms with Crippen molar-refractivity contribution in [3.8, 4) is 0 Å². The van der Waals surface area contributed by atoms with Crippen LogP contribution in [-0.2, 0) is 9.59 Å². The van der Waals surface area contributed by atoms with Crippen molar-refractivity contribution in [2.45, 2.75) is 71.1 Å². The summed E-state index contributed by atoms with van der Waals surface area (Å²) in [5.41, 5.74) is 0. The van der Waals surface area contributed by atoms with Crippen LogP contribution < -0.4 is 0 Å². The predicted octanol–water partition coefficient (Wildman–Crippen LogP) is 3.70. The summed E-state index contributed by atoms with van der Waals surface area (Å²) in [5.74, 6) is 0.0992. The molecule has 1 amide bonds. The molecule has 1 N–H and O–H groups in total. The number of rotatable bonds is 6. The fourth-order valence-corrected chi connectivity index (χ4v) is 4.09. The lowest BCUT2D eigenvalue weighted by molar-refractivity contribution is -0.146. The Labute approximate surface area is 134 Å². The van der Waals surface area contributed by atoms with E-state index in [0.717, 1.165) is 32.4 Å². The van der Waals surface area contributed by atoms with Gasteiger partial charge in [0.15, 0.2) is 0 Å². The molecule has 22 heavy (non-hydrogen) atoms. The second kappa shape index (κ2) is 8.54. The molecular formula is C18H31NO3. The molecular weight excluding hydrogens is 278 g/mol. The number of carboxylic acids is 1. The van der Waals surface area contributed by atoms with Crippen LogP contribution >= 0.6 is 0 Å². The highest BCUT2D eigenvalue weighted by Gasteiger charge is 2.32. The number of carbonyl (C=O) groups excluding carboxylic acids is 1. The summed E-state index contributed by atoms with van der Waals surface area (Å²) >= 11 is 0. The minimum Gasteiger partial charge on any atom is -0.481 e. The highest BCUT2D eigenvalue weighted by molar-refractivity contribution is 5.79. The molecule has 126 valence electrons. The van der Waals surface area contributed by atoms with Gasteiger partial charge in [-0.2, -0.15) is 0 Å². The van der Waals surface area contributed by atoms with E-state index in [-0.39, 0.29) is 17.7 Å². The van der Waals surface area contributed by atoms with Gasteiger partial charge in [0.25, 0.3) is 0 Å². The molecule has 0 heterocycles. The van der Waals surface area contributed by atoms with Crippen molar-refractivity contribution in [2.75, 3.05) is 13.1 Å². The molecule has 2 rings (SSSR count). The van der Waals surface area contributed by atoms with Crippen LogP contribution in [0.25, 0.3) is 0 Å². The third-order valence-corrected chi connectivity index (χ3v) is 5.43. The molecule has 0 bridgehead atoms. The van der Waals surface area contributed by atoms with Crippen LogP contribution in [0.1, 0.15) is 71.1 Å². The van der Waals surface area contributed by atoms with Crippen molar-refractivity contribution in [3.63, 3.8) is 0 Å². The van der Waals surface area contributed by atoms with Gasteiger partial charge in [0.1, 0.15) is 0 Å². The molecule has 0 aromatic rings. The highest BCUT2D eigenvalue weighted by Crippen LogP contribution is 2.31. The van der Waals surface area contributed by atoms with E-state index in [9.17, 15) is 9.59 Å². The molecule has 0 spiro atoms. The maximum Gasteiger partial charge on any atom is 0.306 e. The van der Waals surface area contributed by atoms with E-state index in [0.29, 0.717) is 18.8 Å². The lowest BCUT2D eigenvalue weighted by Crippen LogP contribution is -2.41. The van der Waals surface area contributed by atoms with Crippen LogP contribution in [0.3, 0.4) is 0 Å². The van der Waals surface area contributed by atoms with E-state index in [1.165, 1.54) is 32.1 Å². The second-order valence-electron chi connectivity index (χ2n) is 7.18. The Balaban J connectivity index is 1.87. The molecule has 0 unspecified atom stereocenters. The van der Waals surface area contributed by atoms with Gasteiger partial charge in [0.05, 0.1) is 5.92 Å². The summed E-state index contributed by atoms with van der Waals surface area (Å²) in [6.45, 7) is 3.90. The van der Waals surface area contributed by atoms with Crippen LogP contribution in [0.2, 0.25) is 0 Å². The molecule has 2 aliphatic carbocycles. The Kier molecular flexibility index (Phi) is 6.71. The van der Waals surface area contributed by atoms with Crippen molar-refractivity contribution in [3.05, 3.63) is 0 Å². The molecule has 4 heteroatoms. The zero-order valence-corrected chi connectivity index (χ0v) is 13.9. The zero-order valence-electron chi connectivity index (χ0n) is 13.9. The fourth-order valence-electron chi connectivity index (χ4n) is 4.09. The topological polar surface area (TPSA) is 57.6 Å². The number of aliphatic carboxylic acids is 1. The summed E-state index contributed by atoms with van der Waals surface area (Å²) in [6, 6.07) is 0. The smallest absolute Gasteiger partial charge is 0.306 e. The molecule has 0 aromatic heterocycles. The van der Waals surface area contributed by atoms with Gasteiger partial charge in [-0.05, 0) is 50.9 Å². The molecule has 0 aliphatic heterocycles. The average Bonchev–Trinajstić information content (AvgIpc) is 2.55. The van der Waals surface area contributed by atoms with Gasteiger partial charge in [-0.1, -0.05) is 26.2 Å². The largest absolute Gasteiger partial charge is 0.481 e. The SMILES string of the molecule is CCCN(CC1CCCCC1)C(=O)C1CCC(C(=O)O)CC1. The molecule has 0 aromatic carbocycles. The molecule has 0 radical (unpaired) electrons. The third kappa shape index (κ3) is 4.72. The van der Waals surface area contributed by atoms with Crippen LogP contribution in [0.4, 0.5) is 0 Å². The Morgan fingerprint density at radius 1 is 0.955 bits per heavy atom. The van der Waals surface area contributed by atoms with E-state index in [1.54, 1.807) is 0 Å². The first-order valence-electron chi connectivity index (χ1n) is 9.13. The lowest BCUT2D eigenvalue weighted by atomic mass is 9.81. The normalized spacial score (nSPS) is 26.6. The first-order chi connectivity index (χ1) is 10.6. The first kappa shape index (κ1) is 17.3. The van der Waals surface area contributed by atoms with Gasteiger partial charge in [-0.15, -0.1) is 0 Å². The predicted molar refractivity (Wildman–Crippen MR) is 86.5 cm³/mol. The van der Waals surface area contributed by atoms with Crippen LogP contribution in [0, 0.1) is 17.8 Å². The highest BCUT2D eigenvalue weighted by atomic mass is 16.4. The maximum atomic E-state index is 12.8.